The lowest BCUT2D eigenvalue weighted by molar-refractivity contribution is 0.756. The number of nitrogens with one attached hydrogen (secondary N) is 1. The lowest BCUT2D eigenvalue weighted by Gasteiger charge is -2.22. The molecule has 7 aromatic carbocycles. The number of para-hydroxylation sites is 3. The van der Waals surface area contributed by atoms with E-state index in [2.05, 4.69) is 154 Å². The number of aromatic nitrogens is 2. The van der Waals surface area contributed by atoms with Gasteiger partial charge < -0.3 is 14.5 Å². The van der Waals surface area contributed by atoms with Crippen molar-refractivity contribution in [3.8, 4) is 11.4 Å². The van der Waals surface area contributed by atoms with Crippen LogP contribution < -0.4 is 5.32 Å². The Morgan fingerprint density at radius 3 is 1.50 bits per heavy atom. The van der Waals surface area contributed by atoms with Crippen LogP contribution in [0.25, 0.3) is 55.0 Å². The molecule has 0 saturated carbocycles. The Hall–Kier alpha value is -6.72. The van der Waals surface area contributed by atoms with E-state index in [0.29, 0.717) is 0 Å². The number of hydrogen-bond acceptors (Lipinski definition) is 3. The second-order valence-corrected chi connectivity index (χ2v) is 12.7. The third kappa shape index (κ3) is 4.55. The van der Waals surface area contributed by atoms with Crippen LogP contribution in [0, 0.1) is 0 Å². The fraction of sp³-hybridized carbons (Fsp3) is 0.0222. The zero-order chi connectivity index (χ0) is 33.0. The smallest absolute Gasteiger partial charge is 0.169 e. The topological polar surface area (TPSA) is 46.6 Å². The number of hydrogen-bond donors (Lipinski definition) is 1. The highest BCUT2D eigenvalue weighted by molar-refractivity contribution is 6.16. The van der Waals surface area contributed by atoms with Gasteiger partial charge in [-0.3, -0.25) is 0 Å². The van der Waals surface area contributed by atoms with Crippen molar-refractivity contribution in [1.29, 1.82) is 0 Å². The molecule has 9 aromatic rings. The van der Waals surface area contributed by atoms with Crippen LogP contribution in [0.15, 0.2) is 186 Å². The molecule has 0 bridgehead atoms. The first-order chi connectivity index (χ1) is 24.8. The normalized spacial score (nSPS) is 13.5. The molecular formula is C45H31N5. The lowest BCUT2D eigenvalue weighted by atomic mass is 10.1. The molecule has 0 atom stereocenters. The van der Waals surface area contributed by atoms with E-state index < -0.39 is 6.17 Å². The molecule has 5 nitrogen and oxygen atoms in total. The van der Waals surface area contributed by atoms with Gasteiger partial charge in [-0.15, -0.1) is 0 Å². The van der Waals surface area contributed by atoms with E-state index in [1.54, 1.807) is 0 Å². The number of benzene rings is 7. The zero-order valence-corrected chi connectivity index (χ0v) is 27.1. The fourth-order valence-electron chi connectivity index (χ4n) is 7.47. The van der Waals surface area contributed by atoms with E-state index in [-0.39, 0.29) is 0 Å². The molecule has 1 N–H and O–H groups in total. The van der Waals surface area contributed by atoms with E-state index in [9.17, 15) is 0 Å². The van der Waals surface area contributed by atoms with Crippen LogP contribution in [0.4, 0.5) is 0 Å². The summed E-state index contributed by atoms with van der Waals surface area (Å²) in [5.74, 6) is 1.62. The van der Waals surface area contributed by atoms with Crippen molar-refractivity contribution in [2.45, 2.75) is 6.17 Å². The highest BCUT2D eigenvalue weighted by atomic mass is 15.2. The molecule has 50 heavy (non-hydrogen) atoms. The van der Waals surface area contributed by atoms with Crippen LogP contribution in [0.5, 0.6) is 0 Å². The minimum absolute atomic E-state index is 0.415. The summed E-state index contributed by atoms with van der Waals surface area (Å²) in [7, 11) is 0. The Bertz CT molecular complexity index is 2660. The standard InChI is InChI=1S/C45H31N5/c1-4-14-30(15-5-1)43-46-44(31-16-6-2-7-17-31)48-45(47-43)32-24-26-37-38-29-34(25-27-41(38)49(42(37)28-32)33-18-8-3-9-19-33)50-39-22-12-10-20-35(39)36-21-11-13-23-40(36)50/h1-29,45H,(H,46,47,48). The third-order valence-electron chi connectivity index (χ3n) is 9.76. The van der Waals surface area contributed by atoms with Crippen LogP contribution in [0.3, 0.4) is 0 Å². The second kappa shape index (κ2) is 11.5. The summed E-state index contributed by atoms with van der Waals surface area (Å²) in [6, 6.07) is 62.1. The summed E-state index contributed by atoms with van der Waals surface area (Å²) >= 11 is 0. The van der Waals surface area contributed by atoms with E-state index in [0.717, 1.165) is 50.8 Å². The summed E-state index contributed by atoms with van der Waals surface area (Å²) in [5, 5.41) is 8.41. The van der Waals surface area contributed by atoms with Crippen molar-refractivity contribution < 1.29 is 0 Å². The van der Waals surface area contributed by atoms with Gasteiger partial charge in [-0.05, 0) is 48.5 Å². The number of aliphatic imine (C=N–C) groups is 2. The Balaban J connectivity index is 1.19. The summed E-state index contributed by atoms with van der Waals surface area (Å²) in [4.78, 5) is 10.3. The molecule has 10 rings (SSSR count). The van der Waals surface area contributed by atoms with E-state index in [1.165, 1.54) is 32.6 Å². The van der Waals surface area contributed by atoms with E-state index in [1.807, 2.05) is 36.4 Å². The molecule has 1 aliphatic heterocycles. The van der Waals surface area contributed by atoms with Gasteiger partial charge in [0.25, 0.3) is 0 Å². The molecule has 0 fully saturated rings. The quantitative estimate of drug-likeness (QED) is 0.200. The summed E-state index contributed by atoms with van der Waals surface area (Å²) in [5.41, 5.74) is 10.0. The monoisotopic (exact) mass is 641 g/mol. The Morgan fingerprint density at radius 2 is 0.880 bits per heavy atom. The number of amidine groups is 2. The highest BCUT2D eigenvalue weighted by Gasteiger charge is 2.23. The summed E-state index contributed by atoms with van der Waals surface area (Å²) < 4.78 is 4.76. The average Bonchev–Trinajstić information content (AvgIpc) is 3.71. The van der Waals surface area contributed by atoms with Gasteiger partial charge in [0, 0.05) is 49.6 Å². The molecule has 0 aliphatic carbocycles. The van der Waals surface area contributed by atoms with Crippen molar-refractivity contribution in [2.24, 2.45) is 9.98 Å². The predicted molar refractivity (Wildman–Crippen MR) is 207 cm³/mol. The summed E-state index contributed by atoms with van der Waals surface area (Å²) in [6.07, 6.45) is -0.415. The van der Waals surface area contributed by atoms with Gasteiger partial charge in [-0.1, -0.05) is 127 Å². The molecule has 0 radical (unpaired) electrons. The second-order valence-electron chi connectivity index (χ2n) is 12.7. The molecule has 236 valence electrons. The molecule has 0 amide bonds. The highest BCUT2D eigenvalue weighted by Crippen LogP contribution is 2.38. The van der Waals surface area contributed by atoms with Gasteiger partial charge in [0.2, 0.25) is 0 Å². The fourth-order valence-corrected chi connectivity index (χ4v) is 7.47. The van der Waals surface area contributed by atoms with Crippen LogP contribution in [0.1, 0.15) is 22.9 Å². The molecule has 0 saturated heterocycles. The van der Waals surface area contributed by atoms with Gasteiger partial charge in [0.1, 0.15) is 11.7 Å². The lowest BCUT2D eigenvalue weighted by Crippen LogP contribution is -2.35. The van der Waals surface area contributed by atoms with E-state index in [4.69, 9.17) is 9.98 Å². The first-order valence-corrected chi connectivity index (χ1v) is 17.0. The van der Waals surface area contributed by atoms with Crippen molar-refractivity contribution >= 4 is 55.3 Å². The van der Waals surface area contributed by atoms with Gasteiger partial charge in [0.15, 0.2) is 6.17 Å². The molecular weight excluding hydrogens is 611 g/mol. The van der Waals surface area contributed by atoms with Crippen LogP contribution in [-0.4, -0.2) is 20.8 Å². The first-order valence-electron chi connectivity index (χ1n) is 17.0. The number of nitrogens with zero attached hydrogens (tertiary/aromatic N) is 4. The van der Waals surface area contributed by atoms with Crippen LogP contribution in [0.2, 0.25) is 0 Å². The van der Waals surface area contributed by atoms with Crippen LogP contribution >= 0.6 is 0 Å². The predicted octanol–water partition coefficient (Wildman–Crippen LogP) is 10.4. The van der Waals surface area contributed by atoms with Crippen molar-refractivity contribution in [3.63, 3.8) is 0 Å². The van der Waals surface area contributed by atoms with Crippen molar-refractivity contribution in [2.75, 3.05) is 0 Å². The Kier molecular flexibility index (Phi) is 6.49. The first kappa shape index (κ1) is 28.3. The van der Waals surface area contributed by atoms with E-state index >= 15 is 0 Å². The minimum atomic E-state index is -0.415. The minimum Gasteiger partial charge on any atom is -0.324 e. The van der Waals surface area contributed by atoms with Crippen molar-refractivity contribution in [1.82, 2.24) is 14.5 Å². The average molecular weight is 642 g/mol. The maximum Gasteiger partial charge on any atom is 0.169 e. The van der Waals surface area contributed by atoms with Crippen molar-refractivity contribution in [3.05, 3.63) is 193 Å². The molecule has 2 aromatic heterocycles. The van der Waals surface area contributed by atoms with Gasteiger partial charge in [-0.2, -0.15) is 0 Å². The maximum atomic E-state index is 5.17. The third-order valence-corrected chi connectivity index (χ3v) is 9.76. The SMILES string of the molecule is c1ccc(C2=NC(c3ccc4c5cc(-n6c7ccccc7c7ccccc76)ccc5n(-c5ccccc5)c4c3)N=C(c3ccccc3)N2)cc1. The van der Waals surface area contributed by atoms with Crippen LogP contribution in [-0.2, 0) is 0 Å². The van der Waals surface area contributed by atoms with Gasteiger partial charge in [0.05, 0.1) is 22.1 Å². The maximum absolute atomic E-state index is 5.17. The van der Waals surface area contributed by atoms with Gasteiger partial charge in [-0.25, -0.2) is 9.98 Å². The Morgan fingerprint density at radius 1 is 0.380 bits per heavy atom. The summed E-state index contributed by atoms with van der Waals surface area (Å²) in [6.45, 7) is 0. The molecule has 0 spiro atoms. The molecule has 5 heteroatoms. The Labute approximate surface area is 289 Å². The zero-order valence-electron chi connectivity index (χ0n) is 27.1. The number of rotatable bonds is 5. The molecule has 0 unspecified atom stereocenters. The molecule has 1 aliphatic rings. The largest absolute Gasteiger partial charge is 0.324 e. The molecule has 3 heterocycles. The number of fused-ring (bicyclic) bond motifs is 6. The van der Waals surface area contributed by atoms with Gasteiger partial charge >= 0.3 is 0 Å².